The fraction of sp³-hybridized carbons (Fsp3) is 0.333. The summed E-state index contributed by atoms with van der Waals surface area (Å²) in [5, 5.41) is 31.0. The number of aromatic carboxylic acids is 1. The Hall–Kier alpha value is -3.46. The van der Waals surface area contributed by atoms with Crippen molar-refractivity contribution in [2.75, 3.05) is 13.2 Å². The van der Waals surface area contributed by atoms with E-state index >= 15 is 8.78 Å². The zero-order chi connectivity index (χ0) is 30.8. The molecule has 9 heteroatoms. The molecule has 4 unspecified atom stereocenters. The molecule has 1 aliphatic heterocycles. The number of aliphatic hydroxyl groups excluding tert-OH is 1. The number of nitrogens with zero attached hydrogens (tertiary/aromatic N) is 2. The SMILES string of the molecule is CC(C)(C)CC1N(CC#Cc2ccc(C(=O)O)cc2)C(CO)C(c2cccc(Cl)c2F)C1(C#N)c1ccc(Cl)cc1F. The topological polar surface area (TPSA) is 84.6 Å². The van der Waals surface area contributed by atoms with Crippen LogP contribution in [0.15, 0.2) is 60.7 Å². The number of carboxylic acid groups (broad SMARTS) is 1. The van der Waals surface area contributed by atoms with Crippen molar-refractivity contribution in [3.05, 3.63) is 105 Å². The first-order chi connectivity index (χ1) is 19.8. The summed E-state index contributed by atoms with van der Waals surface area (Å²) in [5.74, 6) is 2.57. The summed E-state index contributed by atoms with van der Waals surface area (Å²) >= 11 is 12.3. The van der Waals surface area contributed by atoms with E-state index < -0.39 is 47.6 Å². The third-order valence-electron chi connectivity index (χ3n) is 7.72. The van der Waals surface area contributed by atoms with Crippen molar-refractivity contribution in [3.8, 4) is 17.9 Å². The third kappa shape index (κ3) is 6.02. The molecule has 0 aromatic heterocycles. The van der Waals surface area contributed by atoms with E-state index in [9.17, 15) is 15.2 Å². The van der Waals surface area contributed by atoms with Crippen LogP contribution in [0.4, 0.5) is 8.78 Å². The van der Waals surface area contributed by atoms with Gasteiger partial charge in [0.15, 0.2) is 0 Å². The summed E-state index contributed by atoms with van der Waals surface area (Å²) in [6.07, 6.45) is 0.382. The van der Waals surface area contributed by atoms with Gasteiger partial charge < -0.3 is 10.2 Å². The molecule has 5 nitrogen and oxygen atoms in total. The number of carboxylic acids is 1. The maximum atomic E-state index is 15.8. The smallest absolute Gasteiger partial charge is 0.335 e. The van der Waals surface area contributed by atoms with Gasteiger partial charge in [-0.1, -0.05) is 74.0 Å². The second-order valence-corrected chi connectivity index (χ2v) is 12.5. The van der Waals surface area contributed by atoms with Crippen molar-refractivity contribution in [1.29, 1.82) is 5.26 Å². The Balaban J connectivity index is 1.94. The van der Waals surface area contributed by atoms with Crippen molar-refractivity contribution in [1.82, 2.24) is 4.90 Å². The standard InChI is InChI=1S/C33H30Cl2F2N2O3/c1-32(2,3)17-28-33(19-38,24-14-13-22(34)16-26(24)36)29(23-7-4-8-25(35)30(23)37)27(18-40)39(28)15-5-6-20-9-11-21(12-10-20)31(41)42/h4,7-14,16,27-29,40H,15,17-18H2,1-3H3,(H,41,42). The van der Waals surface area contributed by atoms with Gasteiger partial charge in [-0.05, 0) is 59.9 Å². The zero-order valence-electron chi connectivity index (χ0n) is 23.3. The van der Waals surface area contributed by atoms with Crippen molar-refractivity contribution >= 4 is 29.2 Å². The van der Waals surface area contributed by atoms with E-state index in [-0.39, 0.29) is 38.7 Å². The second kappa shape index (κ2) is 12.4. The minimum atomic E-state index is -1.66. The van der Waals surface area contributed by atoms with E-state index in [0.29, 0.717) is 12.0 Å². The molecule has 0 radical (unpaired) electrons. The molecule has 42 heavy (non-hydrogen) atoms. The molecule has 218 valence electrons. The first-order valence-electron chi connectivity index (χ1n) is 13.3. The molecule has 0 amide bonds. The summed E-state index contributed by atoms with van der Waals surface area (Å²) in [7, 11) is 0. The Morgan fingerprint density at radius 1 is 1.10 bits per heavy atom. The van der Waals surface area contributed by atoms with Gasteiger partial charge in [0.2, 0.25) is 0 Å². The van der Waals surface area contributed by atoms with Crippen LogP contribution in [-0.4, -0.2) is 46.3 Å². The number of benzene rings is 3. The molecule has 1 heterocycles. The summed E-state index contributed by atoms with van der Waals surface area (Å²) < 4.78 is 31.6. The lowest BCUT2D eigenvalue weighted by Gasteiger charge is -2.39. The number of rotatable bonds is 6. The lowest BCUT2D eigenvalue weighted by Crippen LogP contribution is -2.46. The predicted octanol–water partition coefficient (Wildman–Crippen LogP) is 7.05. The first kappa shape index (κ1) is 31.5. The molecular weight excluding hydrogens is 581 g/mol. The number of likely N-dealkylation sites (tertiary alicyclic amines) is 1. The quantitative estimate of drug-likeness (QED) is 0.292. The van der Waals surface area contributed by atoms with Gasteiger partial charge in [-0.3, -0.25) is 4.90 Å². The summed E-state index contributed by atoms with van der Waals surface area (Å²) in [5.41, 5.74) is -1.19. The number of nitriles is 1. The van der Waals surface area contributed by atoms with Crippen LogP contribution in [0.5, 0.6) is 0 Å². The van der Waals surface area contributed by atoms with Crippen molar-refractivity contribution in [2.24, 2.45) is 5.41 Å². The van der Waals surface area contributed by atoms with Gasteiger partial charge >= 0.3 is 5.97 Å². The highest BCUT2D eigenvalue weighted by Gasteiger charge is 2.62. The van der Waals surface area contributed by atoms with E-state index in [4.69, 9.17) is 28.3 Å². The summed E-state index contributed by atoms with van der Waals surface area (Å²) in [4.78, 5) is 13.1. The molecule has 0 aliphatic carbocycles. The lowest BCUT2D eigenvalue weighted by atomic mass is 9.62. The van der Waals surface area contributed by atoms with Gasteiger partial charge in [-0.15, -0.1) is 0 Å². The minimum Gasteiger partial charge on any atom is -0.478 e. The maximum absolute atomic E-state index is 15.8. The average Bonchev–Trinajstić information content (AvgIpc) is 3.18. The fourth-order valence-corrected chi connectivity index (χ4v) is 6.35. The zero-order valence-corrected chi connectivity index (χ0v) is 24.8. The largest absolute Gasteiger partial charge is 0.478 e. The van der Waals surface area contributed by atoms with Gasteiger partial charge in [-0.2, -0.15) is 5.26 Å². The van der Waals surface area contributed by atoms with E-state index in [1.165, 1.54) is 36.4 Å². The lowest BCUT2D eigenvalue weighted by molar-refractivity contribution is 0.0697. The number of carbonyl (C=O) groups is 1. The van der Waals surface area contributed by atoms with Crippen LogP contribution in [0.25, 0.3) is 0 Å². The highest BCUT2D eigenvalue weighted by molar-refractivity contribution is 6.31. The van der Waals surface area contributed by atoms with E-state index in [0.717, 1.165) is 6.07 Å². The Bertz CT molecular complexity index is 1590. The van der Waals surface area contributed by atoms with Crippen molar-refractivity contribution < 1.29 is 23.8 Å². The predicted molar refractivity (Wildman–Crippen MR) is 159 cm³/mol. The number of hydrogen-bond donors (Lipinski definition) is 2. The molecule has 1 fully saturated rings. The number of hydrogen-bond acceptors (Lipinski definition) is 4. The average molecular weight is 612 g/mol. The molecule has 1 aliphatic rings. The van der Waals surface area contributed by atoms with E-state index in [1.54, 1.807) is 18.2 Å². The van der Waals surface area contributed by atoms with Crippen LogP contribution in [0, 0.1) is 40.2 Å². The number of halogens is 4. The highest BCUT2D eigenvalue weighted by Crippen LogP contribution is 2.56. The van der Waals surface area contributed by atoms with E-state index in [2.05, 4.69) is 17.9 Å². The van der Waals surface area contributed by atoms with Gasteiger partial charge in [0.05, 0.1) is 29.8 Å². The minimum absolute atomic E-state index is 0.0474. The first-order valence-corrected chi connectivity index (χ1v) is 14.1. The molecular formula is C33H30Cl2F2N2O3. The molecule has 3 aromatic rings. The molecule has 4 atom stereocenters. The summed E-state index contributed by atoms with van der Waals surface area (Å²) in [6.45, 7) is 5.56. The molecule has 3 aromatic carbocycles. The second-order valence-electron chi connectivity index (χ2n) is 11.6. The van der Waals surface area contributed by atoms with Gasteiger partial charge in [0.1, 0.15) is 17.0 Å². The van der Waals surface area contributed by atoms with Crippen LogP contribution in [0.3, 0.4) is 0 Å². The number of aliphatic hydroxyl groups is 1. The molecule has 2 N–H and O–H groups in total. The van der Waals surface area contributed by atoms with Gasteiger partial charge in [-0.25, -0.2) is 13.6 Å². The molecule has 0 spiro atoms. The highest BCUT2D eigenvalue weighted by atomic mass is 35.5. The van der Waals surface area contributed by atoms with Crippen LogP contribution < -0.4 is 0 Å². The van der Waals surface area contributed by atoms with Crippen LogP contribution >= 0.6 is 23.2 Å². The normalized spacial score (nSPS) is 22.3. The van der Waals surface area contributed by atoms with Crippen molar-refractivity contribution in [3.63, 3.8) is 0 Å². The molecule has 4 rings (SSSR count). The third-order valence-corrected chi connectivity index (χ3v) is 8.25. The Morgan fingerprint density at radius 3 is 2.36 bits per heavy atom. The van der Waals surface area contributed by atoms with Crippen LogP contribution in [-0.2, 0) is 5.41 Å². The van der Waals surface area contributed by atoms with E-state index in [1.807, 2.05) is 25.7 Å². The van der Waals surface area contributed by atoms with Crippen LogP contribution in [0.2, 0.25) is 10.0 Å². The Kier molecular flexibility index (Phi) is 9.30. The summed E-state index contributed by atoms with van der Waals surface area (Å²) in [6, 6.07) is 15.5. The Labute approximate surface area is 254 Å². The molecule has 0 saturated carbocycles. The fourth-order valence-electron chi connectivity index (χ4n) is 6.01. The maximum Gasteiger partial charge on any atom is 0.335 e. The monoisotopic (exact) mass is 610 g/mol. The van der Waals surface area contributed by atoms with Crippen LogP contribution in [0.1, 0.15) is 60.2 Å². The van der Waals surface area contributed by atoms with Gasteiger partial charge in [0, 0.05) is 34.2 Å². The van der Waals surface area contributed by atoms with Gasteiger partial charge in [0.25, 0.3) is 0 Å². The molecule has 0 bridgehead atoms. The van der Waals surface area contributed by atoms with Crippen molar-refractivity contribution in [2.45, 2.75) is 50.6 Å². The Morgan fingerprint density at radius 2 is 1.79 bits per heavy atom. The molecule has 1 saturated heterocycles.